The summed E-state index contributed by atoms with van der Waals surface area (Å²) in [7, 11) is 0. The van der Waals surface area contributed by atoms with Gasteiger partial charge in [0, 0.05) is 28.7 Å². The molecule has 1 N–H and O–H groups in total. The second-order valence-electron chi connectivity index (χ2n) is 3.15. The highest BCUT2D eigenvalue weighted by Crippen LogP contribution is 2.09. The van der Waals surface area contributed by atoms with Gasteiger partial charge < -0.3 is 5.32 Å². The zero-order valence-corrected chi connectivity index (χ0v) is 11.1. The second-order valence-corrected chi connectivity index (χ2v) is 5.34. The van der Waals surface area contributed by atoms with E-state index in [1.807, 2.05) is 6.26 Å². The van der Waals surface area contributed by atoms with Crippen LogP contribution in [-0.2, 0) is 0 Å². The summed E-state index contributed by atoms with van der Waals surface area (Å²) in [5.74, 6) is -0.0790. The highest BCUT2D eigenvalue weighted by atomic mass is 79.9. The molecule has 0 aliphatic heterocycles. The van der Waals surface area contributed by atoms with Crippen LogP contribution in [0.15, 0.2) is 22.9 Å². The van der Waals surface area contributed by atoms with Crippen LogP contribution in [0, 0.1) is 0 Å². The van der Waals surface area contributed by atoms with Crippen molar-refractivity contribution in [1.82, 2.24) is 10.3 Å². The fourth-order valence-corrected chi connectivity index (χ4v) is 1.57. The molecule has 82 valence electrons. The molecule has 0 radical (unpaired) electrons. The van der Waals surface area contributed by atoms with E-state index in [-0.39, 0.29) is 5.91 Å². The van der Waals surface area contributed by atoms with Gasteiger partial charge in [-0.15, -0.1) is 0 Å². The lowest BCUT2D eigenvalue weighted by molar-refractivity contribution is 0.0953. The van der Waals surface area contributed by atoms with Gasteiger partial charge >= 0.3 is 0 Å². The average Bonchev–Trinajstić information content (AvgIpc) is 2.25. The standard InChI is InChI=1S/C10H13BrN2OS/c1-7(15-2)4-13-10(14)8-3-9(11)6-12-5-8/h3,5-7H,4H2,1-2H3,(H,13,14). The van der Waals surface area contributed by atoms with E-state index in [0.717, 1.165) is 4.47 Å². The maximum absolute atomic E-state index is 11.6. The molecule has 5 heteroatoms. The van der Waals surface area contributed by atoms with E-state index in [4.69, 9.17) is 0 Å². The van der Waals surface area contributed by atoms with Crippen LogP contribution >= 0.6 is 27.7 Å². The predicted octanol–water partition coefficient (Wildman–Crippen LogP) is 2.33. The van der Waals surface area contributed by atoms with E-state index in [1.165, 1.54) is 0 Å². The van der Waals surface area contributed by atoms with Gasteiger partial charge in [0.1, 0.15) is 0 Å². The van der Waals surface area contributed by atoms with Crippen LogP contribution in [-0.4, -0.2) is 28.9 Å². The number of hydrogen-bond acceptors (Lipinski definition) is 3. The van der Waals surface area contributed by atoms with Gasteiger partial charge in [0.15, 0.2) is 0 Å². The normalized spacial score (nSPS) is 12.2. The molecule has 1 unspecified atom stereocenters. The zero-order chi connectivity index (χ0) is 11.3. The number of thioether (sulfide) groups is 1. The molecule has 3 nitrogen and oxygen atoms in total. The molecule has 0 fully saturated rings. The van der Waals surface area contributed by atoms with Crippen molar-refractivity contribution in [3.8, 4) is 0 Å². The van der Waals surface area contributed by atoms with Gasteiger partial charge in [0.25, 0.3) is 5.91 Å². The number of carbonyl (C=O) groups is 1. The van der Waals surface area contributed by atoms with Crippen molar-refractivity contribution in [2.75, 3.05) is 12.8 Å². The molecule has 1 amide bonds. The summed E-state index contributed by atoms with van der Waals surface area (Å²) in [5, 5.41) is 3.28. The van der Waals surface area contributed by atoms with Crippen molar-refractivity contribution in [3.05, 3.63) is 28.5 Å². The lowest BCUT2D eigenvalue weighted by atomic mass is 10.2. The van der Waals surface area contributed by atoms with Gasteiger partial charge in [-0.25, -0.2) is 0 Å². The third-order valence-corrected chi connectivity index (χ3v) is 3.32. The Bertz CT molecular complexity index is 346. The maximum atomic E-state index is 11.6. The Morgan fingerprint density at radius 3 is 3.00 bits per heavy atom. The number of halogens is 1. The van der Waals surface area contributed by atoms with Crippen molar-refractivity contribution in [2.24, 2.45) is 0 Å². The van der Waals surface area contributed by atoms with Crippen molar-refractivity contribution in [1.29, 1.82) is 0 Å². The van der Waals surface area contributed by atoms with Gasteiger partial charge in [-0.05, 0) is 28.3 Å². The Labute approximate surface area is 102 Å². The first kappa shape index (κ1) is 12.5. The Morgan fingerprint density at radius 2 is 2.40 bits per heavy atom. The molecule has 0 saturated carbocycles. The number of carbonyl (C=O) groups excluding carboxylic acids is 1. The fraction of sp³-hybridized carbons (Fsp3) is 0.400. The van der Waals surface area contributed by atoms with E-state index in [2.05, 4.69) is 33.2 Å². The Hall–Kier alpha value is -0.550. The molecule has 1 aromatic heterocycles. The van der Waals surface area contributed by atoms with Crippen molar-refractivity contribution in [2.45, 2.75) is 12.2 Å². The van der Waals surface area contributed by atoms with Crippen LogP contribution in [0.2, 0.25) is 0 Å². The number of hydrogen-bond donors (Lipinski definition) is 1. The molecule has 0 spiro atoms. The van der Waals surface area contributed by atoms with Gasteiger partial charge in [-0.2, -0.15) is 11.8 Å². The summed E-state index contributed by atoms with van der Waals surface area (Å²) in [6.45, 7) is 2.75. The molecule has 15 heavy (non-hydrogen) atoms. The lowest BCUT2D eigenvalue weighted by Gasteiger charge is -2.09. The Morgan fingerprint density at radius 1 is 1.67 bits per heavy atom. The van der Waals surface area contributed by atoms with Crippen LogP contribution in [0.25, 0.3) is 0 Å². The SMILES string of the molecule is CSC(C)CNC(=O)c1cncc(Br)c1. The molecule has 0 bridgehead atoms. The van der Waals surface area contributed by atoms with Crippen LogP contribution in [0.3, 0.4) is 0 Å². The van der Waals surface area contributed by atoms with E-state index in [1.54, 1.807) is 30.2 Å². The minimum absolute atomic E-state index is 0.0790. The molecule has 1 atom stereocenters. The lowest BCUT2D eigenvalue weighted by Crippen LogP contribution is -2.29. The van der Waals surface area contributed by atoms with Gasteiger partial charge in [0.05, 0.1) is 5.56 Å². The first-order valence-electron chi connectivity index (χ1n) is 4.55. The first-order valence-corrected chi connectivity index (χ1v) is 6.63. The number of aromatic nitrogens is 1. The van der Waals surface area contributed by atoms with Crippen molar-refractivity contribution in [3.63, 3.8) is 0 Å². The molecule has 1 rings (SSSR count). The minimum atomic E-state index is -0.0790. The molecular weight excluding hydrogens is 276 g/mol. The molecular formula is C10H13BrN2OS. The van der Waals surface area contributed by atoms with Crippen LogP contribution in [0.4, 0.5) is 0 Å². The molecule has 0 aliphatic carbocycles. The quantitative estimate of drug-likeness (QED) is 0.925. The summed E-state index contributed by atoms with van der Waals surface area (Å²) in [6.07, 6.45) is 5.24. The van der Waals surface area contributed by atoms with Gasteiger partial charge in [-0.3, -0.25) is 9.78 Å². The number of nitrogens with one attached hydrogen (secondary N) is 1. The van der Waals surface area contributed by atoms with E-state index >= 15 is 0 Å². The van der Waals surface area contributed by atoms with Gasteiger partial charge in [-0.1, -0.05) is 6.92 Å². The minimum Gasteiger partial charge on any atom is -0.351 e. The summed E-state index contributed by atoms with van der Waals surface area (Å²) in [4.78, 5) is 15.6. The molecule has 1 heterocycles. The largest absolute Gasteiger partial charge is 0.351 e. The highest BCUT2D eigenvalue weighted by Gasteiger charge is 2.07. The molecule has 0 aromatic carbocycles. The van der Waals surface area contributed by atoms with E-state index < -0.39 is 0 Å². The fourth-order valence-electron chi connectivity index (χ4n) is 0.958. The first-order chi connectivity index (χ1) is 7.13. The Kier molecular flexibility index (Phi) is 5.11. The predicted molar refractivity (Wildman–Crippen MR) is 67.2 cm³/mol. The third-order valence-electron chi connectivity index (χ3n) is 1.92. The van der Waals surface area contributed by atoms with E-state index in [9.17, 15) is 4.79 Å². The smallest absolute Gasteiger partial charge is 0.252 e. The van der Waals surface area contributed by atoms with Crippen LogP contribution < -0.4 is 5.32 Å². The summed E-state index contributed by atoms with van der Waals surface area (Å²) >= 11 is 5.00. The number of amides is 1. The summed E-state index contributed by atoms with van der Waals surface area (Å²) < 4.78 is 0.813. The topological polar surface area (TPSA) is 42.0 Å². The van der Waals surface area contributed by atoms with E-state index in [0.29, 0.717) is 17.4 Å². The number of rotatable bonds is 4. The average molecular weight is 289 g/mol. The Balaban J connectivity index is 2.54. The second kappa shape index (κ2) is 6.12. The maximum Gasteiger partial charge on any atom is 0.252 e. The summed E-state index contributed by atoms with van der Waals surface area (Å²) in [6, 6.07) is 1.76. The number of pyridine rings is 1. The van der Waals surface area contributed by atoms with Crippen LogP contribution in [0.1, 0.15) is 17.3 Å². The molecule has 0 aliphatic rings. The number of nitrogens with zero attached hydrogens (tertiary/aromatic N) is 1. The molecule has 0 saturated heterocycles. The zero-order valence-electron chi connectivity index (χ0n) is 8.66. The van der Waals surface area contributed by atoms with Crippen molar-refractivity contribution < 1.29 is 4.79 Å². The summed E-state index contributed by atoms with van der Waals surface area (Å²) in [5.41, 5.74) is 0.581. The molecule has 1 aromatic rings. The third kappa shape index (κ3) is 4.22. The van der Waals surface area contributed by atoms with Gasteiger partial charge in [0.2, 0.25) is 0 Å². The van der Waals surface area contributed by atoms with Crippen LogP contribution in [0.5, 0.6) is 0 Å². The monoisotopic (exact) mass is 288 g/mol. The highest BCUT2D eigenvalue weighted by molar-refractivity contribution is 9.10. The van der Waals surface area contributed by atoms with Crippen molar-refractivity contribution >= 4 is 33.6 Å².